The molecule has 0 unspecified atom stereocenters. The van der Waals surface area contributed by atoms with Crippen molar-refractivity contribution >= 4 is 17.9 Å². The van der Waals surface area contributed by atoms with Crippen LogP contribution in [0.4, 0.5) is 0 Å². The molecular weight excluding hydrogens is 570 g/mol. The first kappa shape index (κ1) is 29.7. The van der Waals surface area contributed by atoms with Gasteiger partial charge in [-0.2, -0.15) is 5.26 Å². The number of carbonyl (C=O) groups is 3. The summed E-state index contributed by atoms with van der Waals surface area (Å²) in [5.74, 6) is -2.55. The van der Waals surface area contributed by atoms with Crippen LogP contribution in [-0.4, -0.2) is 51.9 Å². The number of benzene rings is 3. The highest BCUT2D eigenvalue weighted by atomic mass is 16.7. The number of nitrogens with one attached hydrogen (secondary N) is 1. The van der Waals surface area contributed by atoms with Gasteiger partial charge in [0, 0.05) is 12.3 Å². The molecule has 4 aromatic rings. The fraction of sp³-hybridized carbons (Fsp3) is 0.188. The van der Waals surface area contributed by atoms with Crippen molar-refractivity contribution in [2.45, 2.75) is 30.5 Å². The van der Waals surface area contributed by atoms with Crippen molar-refractivity contribution in [3.63, 3.8) is 0 Å². The molecule has 0 amide bonds. The van der Waals surface area contributed by atoms with Crippen molar-refractivity contribution in [1.29, 1.82) is 5.26 Å². The first-order valence-electron chi connectivity index (χ1n) is 13.4. The summed E-state index contributed by atoms with van der Waals surface area (Å²) in [6, 6.07) is 26.6. The molecular formula is C32H25N3O9. The van der Waals surface area contributed by atoms with E-state index in [1.807, 2.05) is 6.07 Å². The van der Waals surface area contributed by atoms with Gasteiger partial charge in [0.2, 0.25) is 5.60 Å². The number of esters is 3. The van der Waals surface area contributed by atoms with Crippen molar-refractivity contribution in [1.82, 2.24) is 9.55 Å². The van der Waals surface area contributed by atoms with Crippen LogP contribution in [0.15, 0.2) is 113 Å². The summed E-state index contributed by atoms with van der Waals surface area (Å²) < 4.78 is 24.2. The molecule has 0 saturated carbocycles. The van der Waals surface area contributed by atoms with Gasteiger partial charge in [-0.1, -0.05) is 54.6 Å². The summed E-state index contributed by atoms with van der Waals surface area (Å²) in [4.78, 5) is 66.7. The number of ether oxygens (including phenoxy) is 4. The lowest BCUT2D eigenvalue weighted by molar-refractivity contribution is -0.156. The summed E-state index contributed by atoms with van der Waals surface area (Å²) in [5.41, 5.74) is -6.20. The van der Waals surface area contributed by atoms with Crippen molar-refractivity contribution in [3.05, 3.63) is 141 Å². The number of carbonyl (C=O) groups excluding carboxylic acids is 3. The predicted octanol–water partition coefficient (Wildman–Crippen LogP) is 2.81. The van der Waals surface area contributed by atoms with E-state index in [1.54, 1.807) is 54.6 Å². The molecule has 222 valence electrons. The van der Waals surface area contributed by atoms with Gasteiger partial charge in [0.1, 0.15) is 18.8 Å². The number of aromatic nitrogens is 2. The zero-order valence-electron chi connectivity index (χ0n) is 23.2. The molecule has 5 rings (SSSR count). The van der Waals surface area contributed by atoms with Gasteiger partial charge >= 0.3 is 23.6 Å². The van der Waals surface area contributed by atoms with E-state index in [4.69, 9.17) is 18.9 Å². The zero-order chi connectivity index (χ0) is 31.3. The fourth-order valence-corrected chi connectivity index (χ4v) is 4.93. The maximum atomic E-state index is 13.5. The van der Waals surface area contributed by atoms with Crippen LogP contribution in [-0.2, 0) is 24.7 Å². The molecule has 0 aliphatic carbocycles. The van der Waals surface area contributed by atoms with Gasteiger partial charge in [0.15, 0.2) is 6.10 Å². The molecule has 12 nitrogen and oxygen atoms in total. The number of rotatable bonds is 8. The number of nitriles is 1. The second-order valence-electron chi connectivity index (χ2n) is 9.91. The monoisotopic (exact) mass is 595 g/mol. The van der Waals surface area contributed by atoms with Crippen molar-refractivity contribution in [3.8, 4) is 6.07 Å². The first-order chi connectivity index (χ1) is 21.2. The molecule has 1 aromatic heterocycles. The van der Waals surface area contributed by atoms with E-state index in [1.165, 1.54) is 43.3 Å². The molecule has 1 saturated heterocycles. The topological polar surface area (TPSA) is 167 Å². The molecule has 4 atom stereocenters. The highest BCUT2D eigenvalue weighted by Gasteiger charge is 2.71. The average Bonchev–Trinajstić information content (AvgIpc) is 3.27. The SMILES string of the molecule is C[C@@]1(OC(=O)c2ccccc2)[C@H](OC(=O)c2ccccc2)[C@@H](COC(=O)c2ccccc2)O[C@@]1(C#N)n1ccc(=O)[nH]c1=O. The van der Waals surface area contributed by atoms with Crippen LogP contribution in [0.2, 0.25) is 0 Å². The number of hydrogen-bond donors (Lipinski definition) is 1. The van der Waals surface area contributed by atoms with Gasteiger partial charge < -0.3 is 18.9 Å². The molecule has 1 aliphatic heterocycles. The largest absolute Gasteiger partial charge is 0.459 e. The molecule has 2 heterocycles. The van der Waals surface area contributed by atoms with Gasteiger partial charge in [-0.3, -0.25) is 14.3 Å². The Morgan fingerprint density at radius 2 is 1.36 bits per heavy atom. The quantitative estimate of drug-likeness (QED) is 0.236. The number of aromatic amines is 1. The Morgan fingerprint density at radius 1 is 0.841 bits per heavy atom. The van der Waals surface area contributed by atoms with Crippen LogP contribution in [0, 0.1) is 11.3 Å². The highest BCUT2D eigenvalue weighted by Crippen LogP contribution is 2.47. The maximum absolute atomic E-state index is 13.5. The molecule has 0 spiro atoms. The molecule has 0 radical (unpaired) electrons. The average molecular weight is 596 g/mol. The number of nitrogens with zero attached hydrogens (tertiary/aromatic N) is 2. The van der Waals surface area contributed by atoms with Crippen LogP contribution < -0.4 is 11.2 Å². The Labute approximate surface area is 250 Å². The Balaban J connectivity index is 1.63. The zero-order valence-corrected chi connectivity index (χ0v) is 23.2. The Kier molecular flexibility index (Phi) is 8.23. The van der Waals surface area contributed by atoms with Gasteiger partial charge in [0.25, 0.3) is 11.3 Å². The minimum atomic E-state index is -2.52. The third kappa shape index (κ3) is 5.51. The molecule has 1 N–H and O–H groups in total. The number of hydrogen-bond acceptors (Lipinski definition) is 10. The lowest BCUT2D eigenvalue weighted by Gasteiger charge is -2.38. The van der Waals surface area contributed by atoms with Gasteiger partial charge in [-0.05, 0) is 43.3 Å². The number of H-pyrrole nitrogens is 1. The van der Waals surface area contributed by atoms with Crippen molar-refractivity contribution in [2.75, 3.05) is 6.61 Å². The van der Waals surface area contributed by atoms with E-state index in [0.717, 1.165) is 16.8 Å². The van der Waals surface area contributed by atoms with E-state index in [9.17, 15) is 29.2 Å². The molecule has 1 fully saturated rings. The van der Waals surface area contributed by atoms with E-state index in [-0.39, 0.29) is 16.7 Å². The summed E-state index contributed by atoms with van der Waals surface area (Å²) in [6.45, 7) is 0.678. The smallest absolute Gasteiger partial charge is 0.339 e. The summed E-state index contributed by atoms with van der Waals surface area (Å²) >= 11 is 0. The minimum absolute atomic E-state index is 0.0847. The first-order valence-corrected chi connectivity index (χ1v) is 13.4. The molecule has 1 aliphatic rings. The third-order valence-electron chi connectivity index (χ3n) is 7.14. The Hall–Kier alpha value is -5.80. The summed E-state index contributed by atoms with van der Waals surface area (Å²) in [6.07, 6.45) is -2.07. The maximum Gasteiger partial charge on any atom is 0.339 e. The molecule has 44 heavy (non-hydrogen) atoms. The van der Waals surface area contributed by atoms with E-state index >= 15 is 0 Å². The molecule has 0 bridgehead atoms. The van der Waals surface area contributed by atoms with E-state index in [0.29, 0.717) is 0 Å². The lowest BCUT2D eigenvalue weighted by Crippen LogP contribution is -2.61. The van der Waals surface area contributed by atoms with Gasteiger partial charge in [-0.15, -0.1) is 0 Å². The van der Waals surface area contributed by atoms with E-state index < -0.39 is 59.3 Å². The van der Waals surface area contributed by atoms with Crippen LogP contribution >= 0.6 is 0 Å². The van der Waals surface area contributed by atoms with Crippen LogP contribution in [0.1, 0.15) is 38.0 Å². The van der Waals surface area contributed by atoms with Crippen molar-refractivity contribution < 1.29 is 33.3 Å². The normalized spacial score (nSPS) is 22.4. The predicted molar refractivity (Wildman–Crippen MR) is 152 cm³/mol. The van der Waals surface area contributed by atoms with Crippen molar-refractivity contribution in [2.24, 2.45) is 0 Å². The molecule has 3 aromatic carbocycles. The van der Waals surface area contributed by atoms with Gasteiger partial charge in [-0.25, -0.2) is 19.2 Å². The third-order valence-corrected chi connectivity index (χ3v) is 7.14. The second-order valence-corrected chi connectivity index (χ2v) is 9.91. The highest BCUT2D eigenvalue weighted by molar-refractivity contribution is 5.91. The molecule has 12 heteroatoms. The summed E-state index contributed by atoms with van der Waals surface area (Å²) in [5, 5.41) is 10.7. The van der Waals surface area contributed by atoms with Crippen LogP contribution in [0.5, 0.6) is 0 Å². The van der Waals surface area contributed by atoms with Crippen LogP contribution in [0.25, 0.3) is 0 Å². The van der Waals surface area contributed by atoms with Gasteiger partial charge in [0.05, 0.1) is 16.7 Å². The Morgan fingerprint density at radius 3 is 1.89 bits per heavy atom. The summed E-state index contributed by atoms with van der Waals surface area (Å²) in [7, 11) is 0. The second kappa shape index (κ2) is 12.2. The fourth-order valence-electron chi connectivity index (χ4n) is 4.93. The lowest BCUT2D eigenvalue weighted by atomic mass is 9.87. The Bertz CT molecular complexity index is 1830. The van der Waals surface area contributed by atoms with E-state index in [2.05, 4.69) is 4.98 Å². The standard InChI is InChI=1S/C32H25N3O9/c1-31(44-29(39)23-15-9-4-10-16-23)26(42-28(38)22-13-7-3-8-14-22)24(19-41-27(37)21-11-5-2-6-12-21)43-32(31,20-33)35-18-17-25(36)34-30(35)40/h2-18,24,26H,19H2,1H3,(H,34,36,40)/t24-,26-,31-,32-/m1/s1. The minimum Gasteiger partial charge on any atom is -0.459 e. The van der Waals surface area contributed by atoms with Crippen LogP contribution in [0.3, 0.4) is 0 Å².